The third-order valence-electron chi connectivity index (χ3n) is 4.69. The predicted octanol–water partition coefficient (Wildman–Crippen LogP) is 3.85. The number of likely N-dealkylation sites (tertiary alicyclic amines) is 1. The molecule has 0 aromatic heterocycles. The second-order valence-corrected chi connectivity index (χ2v) is 6.35. The van der Waals surface area contributed by atoms with Gasteiger partial charge < -0.3 is 4.74 Å². The molecule has 126 valence electrons. The molecule has 3 heteroatoms. The molecule has 0 amide bonds. The SMILES string of the molecule is CCN1CCC[C@@H](OC(=O)C(c2ccccc2)c2ccccc2)C1. The van der Waals surface area contributed by atoms with E-state index < -0.39 is 0 Å². The average molecular weight is 323 g/mol. The zero-order valence-corrected chi connectivity index (χ0v) is 14.2. The third kappa shape index (κ3) is 4.04. The highest BCUT2D eigenvalue weighted by atomic mass is 16.5. The lowest BCUT2D eigenvalue weighted by Crippen LogP contribution is -2.41. The smallest absolute Gasteiger partial charge is 0.318 e. The minimum Gasteiger partial charge on any atom is -0.460 e. The Morgan fingerprint density at radius 2 is 1.67 bits per heavy atom. The van der Waals surface area contributed by atoms with Gasteiger partial charge in [-0.15, -0.1) is 0 Å². The Labute approximate surface area is 144 Å². The molecule has 1 aliphatic heterocycles. The topological polar surface area (TPSA) is 29.5 Å². The van der Waals surface area contributed by atoms with E-state index in [4.69, 9.17) is 4.74 Å². The fourth-order valence-electron chi connectivity index (χ4n) is 3.38. The highest BCUT2D eigenvalue weighted by Crippen LogP contribution is 2.27. The molecule has 2 aromatic rings. The molecule has 0 bridgehead atoms. The van der Waals surface area contributed by atoms with E-state index >= 15 is 0 Å². The number of hydrogen-bond acceptors (Lipinski definition) is 3. The van der Waals surface area contributed by atoms with Gasteiger partial charge in [0.25, 0.3) is 0 Å². The van der Waals surface area contributed by atoms with Gasteiger partial charge in [0.2, 0.25) is 0 Å². The number of likely N-dealkylation sites (N-methyl/N-ethyl adjacent to an activating group) is 1. The Balaban J connectivity index is 1.79. The van der Waals surface area contributed by atoms with Gasteiger partial charge in [0.15, 0.2) is 0 Å². The normalized spacial score (nSPS) is 18.5. The van der Waals surface area contributed by atoms with Gasteiger partial charge in [-0.25, -0.2) is 0 Å². The van der Waals surface area contributed by atoms with Crippen LogP contribution in [0.15, 0.2) is 60.7 Å². The lowest BCUT2D eigenvalue weighted by Gasteiger charge is -2.32. The Morgan fingerprint density at radius 1 is 1.08 bits per heavy atom. The van der Waals surface area contributed by atoms with Gasteiger partial charge in [-0.2, -0.15) is 0 Å². The van der Waals surface area contributed by atoms with Crippen molar-refractivity contribution in [3.63, 3.8) is 0 Å². The molecule has 0 unspecified atom stereocenters. The molecule has 1 fully saturated rings. The molecule has 1 saturated heterocycles. The summed E-state index contributed by atoms with van der Waals surface area (Å²) < 4.78 is 5.91. The summed E-state index contributed by atoms with van der Waals surface area (Å²) in [7, 11) is 0. The van der Waals surface area contributed by atoms with Gasteiger partial charge in [-0.3, -0.25) is 9.69 Å². The van der Waals surface area contributed by atoms with E-state index in [0.717, 1.165) is 43.6 Å². The van der Waals surface area contributed by atoms with Gasteiger partial charge in [-0.1, -0.05) is 67.6 Å². The first-order chi connectivity index (χ1) is 11.8. The monoisotopic (exact) mass is 323 g/mol. The molecule has 24 heavy (non-hydrogen) atoms. The lowest BCUT2D eigenvalue weighted by molar-refractivity contribution is -0.152. The van der Waals surface area contributed by atoms with Crippen LogP contribution in [0.4, 0.5) is 0 Å². The van der Waals surface area contributed by atoms with E-state index in [1.54, 1.807) is 0 Å². The lowest BCUT2D eigenvalue weighted by atomic mass is 9.91. The summed E-state index contributed by atoms with van der Waals surface area (Å²) in [5.74, 6) is -0.500. The van der Waals surface area contributed by atoms with Crippen LogP contribution < -0.4 is 0 Å². The van der Waals surface area contributed by atoms with Crippen LogP contribution in [0.2, 0.25) is 0 Å². The minimum atomic E-state index is -0.357. The van der Waals surface area contributed by atoms with E-state index in [2.05, 4.69) is 11.8 Å². The Bertz CT molecular complexity index is 602. The van der Waals surface area contributed by atoms with Crippen molar-refractivity contribution in [1.29, 1.82) is 0 Å². The molecule has 2 aromatic carbocycles. The molecule has 0 aliphatic carbocycles. The van der Waals surface area contributed by atoms with Crippen LogP contribution in [0.25, 0.3) is 0 Å². The molecule has 0 spiro atoms. The number of nitrogens with zero attached hydrogens (tertiary/aromatic N) is 1. The standard InChI is InChI=1S/C21H25NO2/c1-2-22-15-9-14-19(16-22)24-21(23)20(17-10-5-3-6-11-17)18-12-7-4-8-13-18/h3-8,10-13,19-20H,2,9,14-16H2,1H3/t19-/m1/s1. The second-order valence-electron chi connectivity index (χ2n) is 6.35. The van der Waals surface area contributed by atoms with Crippen molar-refractivity contribution >= 4 is 5.97 Å². The van der Waals surface area contributed by atoms with Crippen LogP contribution in [-0.4, -0.2) is 36.6 Å². The van der Waals surface area contributed by atoms with Crippen molar-refractivity contribution in [1.82, 2.24) is 4.90 Å². The van der Waals surface area contributed by atoms with E-state index in [1.165, 1.54) is 0 Å². The predicted molar refractivity (Wildman–Crippen MR) is 96.0 cm³/mol. The molecular formula is C21H25NO2. The van der Waals surface area contributed by atoms with Crippen molar-refractivity contribution in [3.05, 3.63) is 71.8 Å². The fourth-order valence-corrected chi connectivity index (χ4v) is 3.38. The van der Waals surface area contributed by atoms with Crippen LogP contribution in [0.1, 0.15) is 36.8 Å². The maximum absolute atomic E-state index is 13.0. The summed E-state index contributed by atoms with van der Waals surface area (Å²) in [5, 5.41) is 0. The molecule has 0 radical (unpaired) electrons. The number of hydrogen-bond donors (Lipinski definition) is 0. The van der Waals surface area contributed by atoms with Crippen molar-refractivity contribution in [2.75, 3.05) is 19.6 Å². The average Bonchev–Trinajstić information content (AvgIpc) is 2.64. The molecule has 1 aliphatic rings. The van der Waals surface area contributed by atoms with Crippen LogP contribution in [0, 0.1) is 0 Å². The summed E-state index contributed by atoms with van der Waals surface area (Å²) in [6.07, 6.45) is 2.05. The van der Waals surface area contributed by atoms with Gasteiger partial charge in [0.05, 0.1) is 0 Å². The first kappa shape index (κ1) is 16.7. The van der Waals surface area contributed by atoms with Crippen molar-refractivity contribution < 1.29 is 9.53 Å². The maximum Gasteiger partial charge on any atom is 0.318 e. The first-order valence-electron chi connectivity index (χ1n) is 8.80. The Kier molecular flexibility index (Phi) is 5.65. The second kappa shape index (κ2) is 8.11. The summed E-state index contributed by atoms with van der Waals surface area (Å²) in [5.41, 5.74) is 1.97. The number of ether oxygens (including phenoxy) is 1. The van der Waals surface area contributed by atoms with Crippen LogP contribution in [0.5, 0.6) is 0 Å². The molecular weight excluding hydrogens is 298 g/mol. The van der Waals surface area contributed by atoms with Crippen molar-refractivity contribution in [2.45, 2.75) is 31.8 Å². The van der Waals surface area contributed by atoms with E-state index in [1.807, 2.05) is 60.7 Å². The Morgan fingerprint density at radius 3 is 2.21 bits per heavy atom. The van der Waals surface area contributed by atoms with Gasteiger partial charge in [0.1, 0.15) is 12.0 Å². The molecule has 0 saturated carbocycles. The van der Waals surface area contributed by atoms with Gasteiger partial charge >= 0.3 is 5.97 Å². The summed E-state index contributed by atoms with van der Waals surface area (Å²) in [6, 6.07) is 19.8. The summed E-state index contributed by atoms with van der Waals surface area (Å²) >= 11 is 0. The van der Waals surface area contributed by atoms with E-state index in [0.29, 0.717) is 0 Å². The van der Waals surface area contributed by atoms with Crippen LogP contribution in [0.3, 0.4) is 0 Å². The van der Waals surface area contributed by atoms with Crippen molar-refractivity contribution in [3.8, 4) is 0 Å². The Hall–Kier alpha value is -2.13. The number of carbonyl (C=O) groups excluding carboxylic acids is 1. The fraction of sp³-hybridized carbons (Fsp3) is 0.381. The summed E-state index contributed by atoms with van der Waals surface area (Å²) in [6.45, 7) is 5.11. The third-order valence-corrected chi connectivity index (χ3v) is 4.69. The highest BCUT2D eigenvalue weighted by molar-refractivity contribution is 5.82. The highest BCUT2D eigenvalue weighted by Gasteiger charge is 2.28. The quantitative estimate of drug-likeness (QED) is 0.783. The molecule has 1 atom stereocenters. The van der Waals surface area contributed by atoms with Crippen molar-refractivity contribution in [2.24, 2.45) is 0 Å². The van der Waals surface area contributed by atoms with Crippen LogP contribution >= 0.6 is 0 Å². The molecule has 0 N–H and O–H groups in total. The summed E-state index contributed by atoms with van der Waals surface area (Å²) in [4.78, 5) is 15.3. The van der Waals surface area contributed by atoms with E-state index in [-0.39, 0.29) is 18.0 Å². The number of piperidine rings is 1. The number of carbonyl (C=O) groups is 1. The van der Waals surface area contributed by atoms with Gasteiger partial charge in [0, 0.05) is 6.54 Å². The maximum atomic E-state index is 13.0. The number of esters is 1. The molecule has 1 heterocycles. The molecule has 3 rings (SSSR count). The zero-order valence-electron chi connectivity index (χ0n) is 14.2. The van der Waals surface area contributed by atoms with E-state index in [9.17, 15) is 4.79 Å². The number of rotatable bonds is 5. The van der Waals surface area contributed by atoms with Crippen LogP contribution in [-0.2, 0) is 9.53 Å². The number of benzene rings is 2. The largest absolute Gasteiger partial charge is 0.460 e. The first-order valence-corrected chi connectivity index (χ1v) is 8.80. The molecule has 3 nitrogen and oxygen atoms in total. The zero-order chi connectivity index (χ0) is 16.8. The van der Waals surface area contributed by atoms with Gasteiger partial charge in [-0.05, 0) is 37.1 Å². The minimum absolute atomic E-state index is 0.00104.